The topological polar surface area (TPSA) is 0 Å². The minimum Gasteiger partial charge on any atom is -0.0654 e. The van der Waals surface area contributed by atoms with Crippen molar-refractivity contribution in [1.29, 1.82) is 0 Å². The Hall–Kier alpha value is -2.86. The molecular formula is C27H24. The van der Waals surface area contributed by atoms with Gasteiger partial charge in [0.1, 0.15) is 0 Å². The molecule has 0 radical (unpaired) electrons. The summed E-state index contributed by atoms with van der Waals surface area (Å²) < 4.78 is 0. The first-order valence-corrected chi connectivity index (χ1v) is 10.1. The SMILES string of the molecule is CCCCC1=C(c2cccc3ccc4ccccc4c23)c2ccccc2C1. The van der Waals surface area contributed by atoms with Crippen molar-refractivity contribution in [1.82, 2.24) is 0 Å². The quantitative estimate of drug-likeness (QED) is 0.334. The Morgan fingerprint density at radius 2 is 1.44 bits per heavy atom. The maximum atomic E-state index is 2.33. The molecule has 1 aliphatic carbocycles. The minimum absolute atomic E-state index is 1.10. The van der Waals surface area contributed by atoms with Crippen LogP contribution in [0.3, 0.4) is 0 Å². The molecule has 4 aromatic carbocycles. The van der Waals surface area contributed by atoms with E-state index < -0.39 is 0 Å². The van der Waals surface area contributed by atoms with Gasteiger partial charge in [0, 0.05) is 0 Å². The van der Waals surface area contributed by atoms with Crippen molar-refractivity contribution in [3.05, 3.63) is 101 Å². The Kier molecular flexibility index (Phi) is 4.05. The summed E-state index contributed by atoms with van der Waals surface area (Å²) in [6.07, 6.45) is 4.80. The number of unbranched alkanes of at least 4 members (excludes halogenated alkanes) is 1. The Labute approximate surface area is 161 Å². The molecule has 0 heteroatoms. The second-order valence-corrected chi connectivity index (χ2v) is 7.61. The van der Waals surface area contributed by atoms with E-state index >= 15 is 0 Å². The van der Waals surface area contributed by atoms with Gasteiger partial charge in [-0.05, 0) is 63.1 Å². The van der Waals surface area contributed by atoms with Crippen LogP contribution in [0, 0.1) is 0 Å². The Balaban J connectivity index is 1.84. The van der Waals surface area contributed by atoms with Gasteiger partial charge in [0.2, 0.25) is 0 Å². The van der Waals surface area contributed by atoms with Crippen LogP contribution in [0.5, 0.6) is 0 Å². The fraction of sp³-hybridized carbons (Fsp3) is 0.185. The first kappa shape index (κ1) is 16.3. The lowest BCUT2D eigenvalue weighted by Gasteiger charge is -2.14. The lowest BCUT2D eigenvalue weighted by atomic mass is 9.89. The molecule has 0 nitrogen and oxygen atoms in total. The third-order valence-corrected chi connectivity index (χ3v) is 5.91. The summed E-state index contributed by atoms with van der Waals surface area (Å²) in [5.41, 5.74) is 7.42. The molecular weight excluding hydrogens is 324 g/mol. The van der Waals surface area contributed by atoms with Gasteiger partial charge in [0.25, 0.3) is 0 Å². The molecule has 5 rings (SSSR count). The molecule has 0 bridgehead atoms. The highest BCUT2D eigenvalue weighted by Gasteiger charge is 2.23. The largest absolute Gasteiger partial charge is 0.0654 e. The Morgan fingerprint density at radius 3 is 2.37 bits per heavy atom. The van der Waals surface area contributed by atoms with Crippen molar-refractivity contribution in [2.24, 2.45) is 0 Å². The molecule has 0 saturated heterocycles. The first-order chi connectivity index (χ1) is 13.4. The van der Waals surface area contributed by atoms with Gasteiger partial charge in [-0.3, -0.25) is 0 Å². The molecule has 0 fully saturated rings. The maximum Gasteiger partial charge on any atom is -0.00266 e. The van der Waals surface area contributed by atoms with Crippen molar-refractivity contribution >= 4 is 27.1 Å². The number of rotatable bonds is 4. The van der Waals surface area contributed by atoms with E-state index in [-0.39, 0.29) is 0 Å². The minimum atomic E-state index is 1.10. The van der Waals surface area contributed by atoms with Crippen LogP contribution in [0.2, 0.25) is 0 Å². The van der Waals surface area contributed by atoms with E-state index in [4.69, 9.17) is 0 Å². The average Bonchev–Trinajstić information content (AvgIpc) is 3.09. The van der Waals surface area contributed by atoms with Gasteiger partial charge < -0.3 is 0 Å². The van der Waals surface area contributed by atoms with Crippen molar-refractivity contribution in [2.45, 2.75) is 32.6 Å². The summed E-state index contributed by atoms with van der Waals surface area (Å²) in [5, 5.41) is 5.41. The Bertz CT molecular complexity index is 1180. The third-order valence-electron chi connectivity index (χ3n) is 5.91. The van der Waals surface area contributed by atoms with E-state index in [0.717, 1.165) is 6.42 Å². The zero-order chi connectivity index (χ0) is 18.2. The van der Waals surface area contributed by atoms with Crippen LogP contribution in [0.25, 0.3) is 27.1 Å². The highest BCUT2D eigenvalue weighted by atomic mass is 14.3. The van der Waals surface area contributed by atoms with Crippen LogP contribution in [0.1, 0.15) is 42.9 Å². The third kappa shape index (κ3) is 2.68. The molecule has 0 spiro atoms. The number of hydrogen-bond acceptors (Lipinski definition) is 0. The molecule has 0 aromatic heterocycles. The molecule has 0 aliphatic heterocycles. The fourth-order valence-corrected chi connectivity index (χ4v) is 4.63. The Morgan fingerprint density at radius 1 is 0.704 bits per heavy atom. The van der Waals surface area contributed by atoms with E-state index in [9.17, 15) is 0 Å². The molecule has 0 N–H and O–H groups in total. The molecule has 0 atom stereocenters. The van der Waals surface area contributed by atoms with Crippen molar-refractivity contribution < 1.29 is 0 Å². The van der Waals surface area contributed by atoms with Gasteiger partial charge in [0.05, 0.1) is 0 Å². The smallest absolute Gasteiger partial charge is 0.00266 e. The molecule has 0 unspecified atom stereocenters. The average molecular weight is 348 g/mol. The zero-order valence-electron chi connectivity index (χ0n) is 15.8. The van der Waals surface area contributed by atoms with E-state index in [1.165, 1.54) is 63.1 Å². The van der Waals surface area contributed by atoms with E-state index in [2.05, 4.69) is 85.8 Å². The summed E-state index contributed by atoms with van der Waals surface area (Å²) in [5.74, 6) is 0. The monoisotopic (exact) mass is 348 g/mol. The summed E-state index contributed by atoms with van der Waals surface area (Å²) in [6.45, 7) is 2.29. The predicted octanol–water partition coefficient (Wildman–Crippen LogP) is 7.54. The molecule has 0 heterocycles. The number of fused-ring (bicyclic) bond motifs is 4. The van der Waals surface area contributed by atoms with Crippen LogP contribution in [-0.4, -0.2) is 0 Å². The summed E-state index contributed by atoms with van der Waals surface area (Å²) in [4.78, 5) is 0. The van der Waals surface area contributed by atoms with Gasteiger partial charge in [-0.2, -0.15) is 0 Å². The van der Waals surface area contributed by atoms with E-state index in [1.54, 1.807) is 5.57 Å². The van der Waals surface area contributed by atoms with E-state index in [0.29, 0.717) is 0 Å². The van der Waals surface area contributed by atoms with Gasteiger partial charge >= 0.3 is 0 Å². The van der Waals surface area contributed by atoms with Crippen LogP contribution in [-0.2, 0) is 6.42 Å². The molecule has 1 aliphatic rings. The molecule has 0 saturated carbocycles. The van der Waals surface area contributed by atoms with Gasteiger partial charge in [-0.1, -0.05) is 97.8 Å². The lowest BCUT2D eigenvalue weighted by molar-refractivity contribution is 0.778. The van der Waals surface area contributed by atoms with E-state index in [1.807, 2.05) is 0 Å². The van der Waals surface area contributed by atoms with Crippen LogP contribution in [0.4, 0.5) is 0 Å². The molecule has 4 aromatic rings. The highest BCUT2D eigenvalue weighted by Crippen LogP contribution is 2.43. The maximum absolute atomic E-state index is 2.33. The standard InChI is InChI=1S/C27H24/c1-2-3-9-22-18-21-11-5-7-14-24(21)27(22)25-15-8-12-20-17-16-19-10-4-6-13-23(19)26(20)25/h4-8,10-17H,2-3,9,18H2,1H3. The number of allylic oxidation sites excluding steroid dienone is 1. The number of benzene rings is 4. The summed E-state index contributed by atoms with van der Waals surface area (Å²) in [6, 6.07) is 29.1. The van der Waals surface area contributed by atoms with Crippen molar-refractivity contribution in [3.63, 3.8) is 0 Å². The summed E-state index contributed by atoms with van der Waals surface area (Å²) in [7, 11) is 0. The van der Waals surface area contributed by atoms with Gasteiger partial charge in [0.15, 0.2) is 0 Å². The lowest BCUT2D eigenvalue weighted by Crippen LogP contribution is -1.92. The predicted molar refractivity (Wildman–Crippen MR) is 117 cm³/mol. The second kappa shape index (κ2) is 6.70. The second-order valence-electron chi connectivity index (χ2n) is 7.61. The molecule has 132 valence electrons. The van der Waals surface area contributed by atoms with Gasteiger partial charge in [-0.25, -0.2) is 0 Å². The first-order valence-electron chi connectivity index (χ1n) is 10.1. The van der Waals surface area contributed by atoms with Gasteiger partial charge in [-0.15, -0.1) is 0 Å². The zero-order valence-corrected chi connectivity index (χ0v) is 15.8. The van der Waals surface area contributed by atoms with Crippen LogP contribution >= 0.6 is 0 Å². The van der Waals surface area contributed by atoms with Crippen LogP contribution < -0.4 is 0 Å². The summed E-state index contributed by atoms with van der Waals surface area (Å²) >= 11 is 0. The highest BCUT2D eigenvalue weighted by molar-refractivity contribution is 6.14. The normalized spacial score (nSPS) is 13.5. The van der Waals surface area contributed by atoms with Crippen LogP contribution in [0.15, 0.2) is 84.4 Å². The van der Waals surface area contributed by atoms with Crippen molar-refractivity contribution in [2.75, 3.05) is 0 Å². The van der Waals surface area contributed by atoms with Crippen molar-refractivity contribution in [3.8, 4) is 0 Å². The fourth-order valence-electron chi connectivity index (χ4n) is 4.63. The number of hydrogen-bond donors (Lipinski definition) is 0. The molecule has 0 amide bonds. The molecule has 27 heavy (non-hydrogen) atoms.